The molecule has 0 spiro atoms. The summed E-state index contributed by atoms with van der Waals surface area (Å²) in [4.78, 5) is 10.5. The van der Waals surface area contributed by atoms with Gasteiger partial charge in [0.1, 0.15) is 5.75 Å². The van der Waals surface area contributed by atoms with Gasteiger partial charge in [-0.15, -0.1) is 0 Å². The van der Waals surface area contributed by atoms with Crippen LogP contribution in [0.2, 0.25) is 0 Å². The number of amides is 1. The van der Waals surface area contributed by atoms with Gasteiger partial charge in [0, 0.05) is 13.0 Å². The fourth-order valence-electron chi connectivity index (χ4n) is 1.24. The smallest absolute Gasteiger partial charge is 0.409 e. The maximum atomic E-state index is 10.5. The summed E-state index contributed by atoms with van der Waals surface area (Å²) in [6.07, 6.45) is -1.16. The molecule has 1 atom stereocenters. The number of carbonyl (C=O) groups is 1. The van der Waals surface area contributed by atoms with E-state index in [0.717, 1.165) is 0 Å². The second kappa shape index (κ2) is 3.10. The average Bonchev–Trinajstić information content (AvgIpc) is 2.42. The fraction of sp³-hybridized carbons (Fsp3) is 0.222. The molecule has 1 aromatic rings. The first-order valence-electron chi connectivity index (χ1n) is 4.10. The lowest BCUT2D eigenvalue weighted by molar-refractivity contribution is 0.0678. The quantitative estimate of drug-likeness (QED) is 0.732. The molecule has 1 heterocycles. The van der Waals surface area contributed by atoms with Gasteiger partial charge in [0.15, 0.2) is 11.5 Å². The van der Waals surface area contributed by atoms with Crippen molar-refractivity contribution in [2.45, 2.75) is 13.2 Å². The number of hydrogen-bond acceptors (Lipinski definition) is 4. The molecule has 0 saturated carbocycles. The number of hydrogen-bond donors (Lipinski definition) is 1. The monoisotopic (exact) mass is 195 g/mol. The Morgan fingerprint density at radius 2 is 2.14 bits per heavy atom. The largest absolute Gasteiger partial charge is 0.451 e. The number of nitrogens with two attached hydrogens (primary N) is 1. The van der Waals surface area contributed by atoms with Gasteiger partial charge < -0.3 is 19.9 Å². The third-order valence-corrected chi connectivity index (χ3v) is 1.72. The molecule has 74 valence electrons. The lowest BCUT2D eigenvalue weighted by Gasteiger charge is -2.01. The van der Waals surface area contributed by atoms with E-state index in [1.54, 1.807) is 25.1 Å². The molecule has 0 saturated heterocycles. The molecule has 14 heavy (non-hydrogen) atoms. The molecule has 0 aliphatic carbocycles. The summed E-state index contributed by atoms with van der Waals surface area (Å²) in [5, 5.41) is 0. The first-order valence-corrected chi connectivity index (χ1v) is 4.10. The van der Waals surface area contributed by atoms with Crippen LogP contribution in [0.3, 0.4) is 0 Å². The van der Waals surface area contributed by atoms with Crippen molar-refractivity contribution >= 4 is 6.09 Å². The summed E-state index contributed by atoms with van der Waals surface area (Å²) in [5.74, 6) is 1.53. The van der Waals surface area contributed by atoms with Gasteiger partial charge in [0.2, 0.25) is 6.29 Å². The number of primary amides is 1. The van der Waals surface area contributed by atoms with Gasteiger partial charge in [0.25, 0.3) is 0 Å². The molecule has 0 aromatic heterocycles. The van der Waals surface area contributed by atoms with E-state index < -0.39 is 6.09 Å². The van der Waals surface area contributed by atoms with Crippen molar-refractivity contribution in [3.63, 3.8) is 0 Å². The summed E-state index contributed by atoms with van der Waals surface area (Å²) in [6, 6.07) is 4.81. The summed E-state index contributed by atoms with van der Waals surface area (Å²) in [7, 11) is 0. The Kier molecular flexibility index (Phi) is 1.92. The molecule has 0 fully saturated rings. The Labute approximate surface area is 80.4 Å². The van der Waals surface area contributed by atoms with Crippen LogP contribution in [0.25, 0.3) is 0 Å². The molecule has 5 heteroatoms. The van der Waals surface area contributed by atoms with Crippen molar-refractivity contribution in [1.29, 1.82) is 0 Å². The minimum atomic E-state index is -0.850. The predicted octanol–water partition coefficient (Wildman–Crippen LogP) is 1.26. The standard InChI is InChI=1S/C9H9NO4/c1-5-12-7-3-2-6(14-9(10)11)4-8(7)13-5/h2-5H,1H3,(H2,10,11). The number of carbonyl (C=O) groups excluding carboxylic acids is 1. The Bertz CT molecular complexity index is 377. The molecule has 0 radical (unpaired) electrons. The third kappa shape index (κ3) is 1.56. The fourth-order valence-corrected chi connectivity index (χ4v) is 1.24. The Morgan fingerprint density at radius 3 is 2.86 bits per heavy atom. The maximum Gasteiger partial charge on any atom is 0.409 e. The second-order valence-electron chi connectivity index (χ2n) is 2.83. The molecule has 1 aromatic carbocycles. The van der Waals surface area contributed by atoms with Crippen molar-refractivity contribution in [1.82, 2.24) is 0 Å². The SMILES string of the molecule is CC1Oc2ccc(OC(N)=O)cc2O1. The zero-order chi connectivity index (χ0) is 10.1. The number of benzene rings is 1. The summed E-state index contributed by atoms with van der Waals surface area (Å²) in [6.45, 7) is 1.77. The van der Waals surface area contributed by atoms with Crippen LogP contribution >= 0.6 is 0 Å². The third-order valence-electron chi connectivity index (χ3n) is 1.72. The Hall–Kier alpha value is -1.91. The van der Waals surface area contributed by atoms with E-state index in [2.05, 4.69) is 4.74 Å². The van der Waals surface area contributed by atoms with Crippen LogP contribution in [0.4, 0.5) is 4.79 Å². The molecule has 1 aliphatic rings. The van der Waals surface area contributed by atoms with Gasteiger partial charge in [-0.25, -0.2) is 4.79 Å². The average molecular weight is 195 g/mol. The summed E-state index contributed by atoms with van der Waals surface area (Å²) in [5.41, 5.74) is 4.86. The Balaban J connectivity index is 2.24. The number of rotatable bonds is 1. The van der Waals surface area contributed by atoms with Crippen molar-refractivity contribution in [3.05, 3.63) is 18.2 Å². The predicted molar refractivity (Wildman–Crippen MR) is 47.4 cm³/mol. The van der Waals surface area contributed by atoms with Crippen molar-refractivity contribution in [2.75, 3.05) is 0 Å². The Morgan fingerprint density at radius 1 is 1.43 bits per heavy atom. The van der Waals surface area contributed by atoms with E-state index in [1.165, 1.54) is 0 Å². The minimum absolute atomic E-state index is 0.311. The van der Waals surface area contributed by atoms with Crippen LogP contribution in [-0.4, -0.2) is 12.4 Å². The molecule has 1 unspecified atom stereocenters. The maximum absolute atomic E-state index is 10.5. The highest BCUT2D eigenvalue weighted by Crippen LogP contribution is 2.37. The molecule has 1 amide bonds. The van der Waals surface area contributed by atoms with Crippen LogP contribution < -0.4 is 19.9 Å². The van der Waals surface area contributed by atoms with E-state index in [-0.39, 0.29) is 6.29 Å². The first-order chi connectivity index (χ1) is 6.65. The van der Waals surface area contributed by atoms with E-state index in [9.17, 15) is 4.79 Å². The molecular formula is C9H9NO4. The van der Waals surface area contributed by atoms with Crippen molar-refractivity contribution in [2.24, 2.45) is 5.73 Å². The summed E-state index contributed by atoms with van der Waals surface area (Å²) < 4.78 is 15.2. The first kappa shape index (κ1) is 8.68. The van der Waals surface area contributed by atoms with Gasteiger partial charge >= 0.3 is 6.09 Å². The zero-order valence-electron chi connectivity index (χ0n) is 7.52. The van der Waals surface area contributed by atoms with Crippen molar-refractivity contribution in [3.8, 4) is 17.2 Å². The van der Waals surface area contributed by atoms with Crippen LogP contribution in [0, 0.1) is 0 Å². The topological polar surface area (TPSA) is 70.8 Å². The van der Waals surface area contributed by atoms with Gasteiger partial charge in [-0.3, -0.25) is 0 Å². The second-order valence-corrected chi connectivity index (χ2v) is 2.83. The van der Waals surface area contributed by atoms with Crippen LogP contribution in [0.1, 0.15) is 6.92 Å². The molecular weight excluding hydrogens is 186 g/mol. The minimum Gasteiger partial charge on any atom is -0.451 e. The zero-order valence-corrected chi connectivity index (χ0v) is 7.52. The normalized spacial score (nSPS) is 17.9. The molecule has 5 nitrogen and oxygen atoms in total. The molecule has 1 aliphatic heterocycles. The number of fused-ring (bicyclic) bond motifs is 1. The highest BCUT2D eigenvalue weighted by Gasteiger charge is 2.20. The molecule has 0 bridgehead atoms. The van der Waals surface area contributed by atoms with Crippen LogP contribution in [-0.2, 0) is 0 Å². The van der Waals surface area contributed by atoms with Crippen LogP contribution in [0.5, 0.6) is 17.2 Å². The number of ether oxygens (including phenoxy) is 3. The molecule has 2 rings (SSSR count). The van der Waals surface area contributed by atoms with Crippen molar-refractivity contribution < 1.29 is 19.0 Å². The van der Waals surface area contributed by atoms with E-state index in [4.69, 9.17) is 15.2 Å². The van der Waals surface area contributed by atoms with Gasteiger partial charge in [-0.05, 0) is 12.1 Å². The highest BCUT2D eigenvalue weighted by molar-refractivity contribution is 5.68. The lowest BCUT2D eigenvalue weighted by Crippen LogP contribution is -2.16. The van der Waals surface area contributed by atoms with Gasteiger partial charge in [-0.2, -0.15) is 0 Å². The van der Waals surface area contributed by atoms with E-state index in [0.29, 0.717) is 17.2 Å². The van der Waals surface area contributed by atoms with E-state index in [1.807, 2.05) is 0 Å². The highest BCUT2D eigenvalue weighted by atomic mass is 16.7. The van der Waals surface area contributed by atoms with Gasteiger partial charge in [0.05, 0.1) is 0 Å². The lowest BCUT2D eigenvalue weighted by atomic mass is 10.3. The van der Waals surface area contributed by atoms with Crippen LogP contribution in [0.15, 0.2) is 18.2 Å². The van der Waals surface area contributed by atoms with E-state index >= 15 is 0 Å². The molecule has 2 N–H and O–H groups in total. The summed E-state index contributed by atoms with van der Waals surface area (Å²) >= 11 is 0. The van der Waals surface area contributed by atoms with Gasteiger partial charge in [-0.1, -0.05) is 0 Å².